The van der Waals surface area contributed by atoms with Gasteiger partial charge in [-0.2, -0.15) is 0 Å². The fourth-order valence-corrected chi connectivity index (χ4v) is 1.34. The van der Waals surface area contributed by atoms with Crippen molar-refractivity contribution in [2.24, 2.45) is 5.73 Å². The molecule has 3 heteroatoms. The molecule has 0 unspecified atom stereocenters. The predicted octanol–water partition coefficient (Wildman–Crippen LogP) is 1.84. The Morgan fingerprint density at radius 3 is 2.40 bits per heavy atom. The van der Waals surface area contributed by atoms with Crippen LogP contribution in [0, 0.1) is 5.41 Å². The standard InChI is InChI=1S/C7H16N2S/c1-4-6(9)10-7(2,3)5-8/h9H,4-5,8H2,1-3H3. The highest BCUT2D eigenvalue weighted by Crippen LogP contribution is 2.24. The number of rotatable bonds is 3. The van der Waals surface area contributed by atoms with Gasteiger partial charge in [-0.25, -0.2) is 0 Å². The zero-order valence-electron chi connectivity index (χ0n) is 6.90. The zero-order valence-corrected chi connectivity index (χ0v) is 7.72. The van der Waals surface area contributed by atoms with Gasteiger partial charge < -0.3 is 5.73 Å². The van der Waals surface area contributed by atoms with Gasteiger partial charge in [0.2, 0.25) is 0 Å². The summed E-state index contributed by atoms with van der Waals surface area (Å²) in [6.45, 7) is 6.73. The van der Waals surface area contributed by atoms with Crippen molar-refractivity contribution in [3.05, 3.63) is 0 Å². The third-order valence-corrected chi connectivity index (χ3v) is 2.47. The second kappa shape index (κ2) is 3.98. The lowest BCUT2D eigenvalue weighted by Gasteiger charge is -2.20. The van der Waals surface area contributed by atoms with Crippen LogP contribution in [-0.2, 0) is 0 Å². The number of hydrogen-bond donors (Lipinski definition) is 2. The molecule has 0 aliphatic carbocycles. The molecule has 0 fully saturated rings. The molecule has 0 atom stereocenters. The molecule has 3 N–H and O–H groups in total. The number of hydrogen-bond acceptors (Lipinski definition) is 3. The Morgan fingerprint density at radius 1 is 1.60 bits per heavy atom. The molecule has 0 heterocycles. The first kappa shape index (κ1) is 9.98. The summed E-state index contributed by atoms with van der Waals surface area (Å²) in [6.07, 6.45) is 0.814. The van der Waals surface area contributed by atoms with Crippen LogP contribution in [0.25, 0.3) is 0 Å². The second-order valence-corrected chi connectivity index (χ2v) is 4.64. The van der Waals surface area contributed by atoms with Gasteiger partial charge in [0.15, 0.2) is 0 Å². The molecule has 10 heavy (non-hydrogen) atoms. The van der Waals surface area contributed by atoms with Crippen LogP contribution in [0.1, 0.15) is 27.2 Å². The van der Waals surface area contributed by atoms with Gasteiger partial charge in [-0.1, -0.05) is 6.92 Å². The van der Waals surface area contributed by atoms with E-state index in [2.05, 4.69) is 13.8 Å². The Balaban J connectivity index is 3.76. The largest absolute Gasteiger partial charge is 0.329 e. The molecule has 0 aromatic carbocycles. The Labute approximate surface area is 67.1 Å². The van der Waals surface area contributed by atoms with Crippen LogP contribution >= 0.6 is 11.8 Å². The maximum atomic E-state index is 7.40. The topological polar surface area (TPSA) is 49.9 Å². The molecule has 2 nitrogen and oxygen atoms in total. The summed E-state index contributed by atoms with van der Waals surface area (Å²) in [7, 11) is 0. The van der Waals surface area contributed by atoms with E-state index in [1.54, 1.807) is 11.8 Å². The van der Waals surface area contributed by atoms with Crippen LogP contribution in [0.5, 0.6) is 0 Å². The molecule has 0 radical (unpaired) electrons. The minimum atomic E-state index is 0.0348. The third-order valence-electron chi connectivity index (χ3n) is 1.21. The lowest BCUT2D eigenvalue weighted by molar-refractivity contribution is 0.727. The maximum absolute atomic E-state index is 7.40. The molecule has 60 valence electrons. The van der Waals surface area contributed by atoms with Gasteiger partial charge in [-0.05, 0) is 20.3 Å². The van der Waals surface area contributed by atoms with Crippen LogP contribution in [0.2, 0.25) is 0 Å². The van der Waals surface area contributed by atoms with E-state index in [1.165, 1.54) is 0 Å². The number of thioether (sulfide) groups is 1. The first-order valence-corrected chi connectivity index (χ1v) is 4.30. The van der Waals surface area contributed by atoms with Crippen LogP contribution in [0.3, 0.4) is 0 Å². The van der Waals surface area contributed by atoms with Crippen LogP contribution in [-0.4, -0.2) is 16.3 Å². The quantitative estimate of drug-likeness (QED) is 0.489. The van der Waals surface area contributed by atoms with Gasteiger partial charge in [0.05, 0.1) is 5.04 Å². The van der Waals surface area contributed by atoms with E-state index in [0.29, 0.717) is 6.54 Å². The summed E-state index contributed by atoms with van der Waals surface area (Å²) in [6, 6.07) is 0. The van der Waals surface area contributed by atoms with E-state index in [4.69, 9.17) is 11.1 Å². The van der Waals surface area contributed by atoms with Gasteiger partial charge in [-0.3, -0.25) is 5.41 Å². The van der Waals surface area contributed by atoms with Gasteiger partial charge >= 0.3 is 0 Å². The molecule has 0 aliphatic rings. The second-order valence-electron chi connectivity index (χ2n) is 2.84. The molecule has 0 spiro atoms. The van der Waals surface area contributed by atoms with E-state index in [-0.39, 0.29) is 4.75 Å². The minimum Gasteiger partial charge on any atom is -0.329 e. The first-order chi connectivity index (χ1) is 4.52. The van der Waals surface area contributed by atoms with Crippen LogP contribution < -0.4 is 5.73 Å². The van der Waals surface area contributed by atoms with Crippen molar-refractivity contribution in [2.45, 2.75) is 31.9 Å². The lowest BCUT2D eigenvalue weighted by Crippen LogP contribution is -2.28. The fourth-order valence-electron chi connectivity index (χ4n) is 0.447. The van der Waals surface area contributed by atoms with Crippen molar-refractivity contribution in [3.63, 3.8) is 0 Å². The van der Waals surface area contributed by atoms with Crippen molar-refractivity contribution in [1.29, 1.82) is 5.41 Å². The average molecular weight is 160 g/mol. The van der Waals surface area contributed by atoms with E-state index < -0.39 is 0 Å². The van der Waals surface area contributed by atoms with Crippen molar-refractivity contribution in [1.82, 2.24) is 0 Å². The highest BCUT2D eigenvalue weighted by molar-refractivity contribution is 8.14. The summed E-state index contributed by atoms with van der Waals surface area (Å²) in [5.41, 5.74) is 5.49. The van der Waals surface area contributed by atoms with Gasteiger partial charge in [0.25, 0.3) is 0 Å². The molecule has 0 aromatic rings. The van der Waals surface area contributed by atoms with Crippen molar-refractivity contribution >= 4 is 16.8 Å². The summed E-state index contributed by atoms with van der Waals surface area (Å²) in [5, 5.41) is 8.12. The van der Waals surface area contributed by atoms with Crippen molar-refractivity contribution in [2.75, 3.05) is 6.54 Å². The van der Waals surface area contributed by atoms with Gasteiger partial charge in [-0.15, -0.1) is 11.8 Å². The van der Waals surface area contributed by atoms with E-state index in [0.717, 1.165) is 11.5 Å². The Kier molecular flexibility index (Phi) is 3.98. The van der Waals surface area contributed by atoms with E-state index >= 15 is 0 Å². The zero-order chi connectivity index (χ0) is 8.20. The summed E-state index contributed by atoms with van der Waals surface area (Å²) < 4.78 is 0.0348. The molecule has 0 aliphatic heterocycles. The normalized spacial score (nSPS) is 11.6. The highest BCUT2D eigenvalue weighted by atomic mass is 32.2. The molecule has 0 amide bonds. The molecule has 0 saturated carbocycles. The summed E-state index contributed by atoms with van der Waals surface area (Å²) in [5.74, 6) is 0. The average Bonchev–Trinajstić information content (AvgIpc) is 1.87. The predicted molar refractivity (Wildman–Crippen MR) is 48.7 cm³/mol. The third kappa shape index (κ3) is 3.90. The van der Waals surface area contributed by atoms with Crippen molar-refractivity contribution in [3.8, 4) is 0 Å². The molecular formula is C7H16N2S. The van der Waals surface area contributed by atoms with Crippen molar-refractivity contribution < 1.29 is 0 Å². The first-order valence-electron chi connectivity index (χ1n) is 3.48. The SMILES string of the molecule is CCC(=N)SC(C)(C)CN. The van der Waals surface area contributed by atoms with Gasteiger partial charge in [0, 0.05) is 11.3 Å². The van der Waals surface area contributed by atoms with Crippen LogP contribution in [0.15, 0.2) is 0 Å². The molecular weight excluding hydrogens is 144 g/mol. The monoisotopic (exact) mass is 160 g/mol. The molecule has 0 saturated heterocycles. The Hall–Kier alpha value is -0.0200. The summed E-state index contributed by atoms with van der Waals surface area (Å²) >= 11 is 1.56. The van der Waals surface area contributed by atoms with E-state index in [9.17, 15) is 0 Å². The maximum Gasteiger partial charge on any atom is 0.0644 e. The van der Waals surface area contributed by atoms with Gasteiger partial charge in [0.1, 0.15) is 0 Å². The molecule has 0 bridgehead atoms. The Morgan fingerprint density at radius 2 is 2.10 bits per heavy atom. The molecule has 0 aromatic heterocycles. The highest BCUT2D eigenvalue weighted by Gasteiger charge is 2.17. The molecule has 0 rings (SSSR count). The smallest absolute Gasteiger partial charge is 0.0644 e. The lowest BCUT2D eigenvalue weighted by atomic mass is 10.2. The number of nitrogens with two attached hydrogens (primary N) is 1. The summed E-state index contributed by atoms with van der Waals surface area (Å²) in [4.78, 5) is 0. The van der Waals surface area contributed by atoms with E-state index in [1.807, 2.05) is 6.92 Å². The Bertz CT molecular complexity index is 121. The fraction of sp³-hybridized carbons (Fsp3) is 0.857. The number of nitrogens with one attached hydrogen (secondary N) is 1. The minimum absolute atomic E-state index is 0.0348. The van der Waals surface area contributed by atoms with Crippen LogP contribution in [0.4, 0.5) is 0 Å².